The fourth-order valence-corrected chi connectivity index (χ4v) is 9.62. The van der Waals surface area contributed by atoms with E-state index < -0.39 is 126 Å². The highest BCUT2D eigenvalue weighted by Gasteiger charge is 2.28. The number of nitrogens with zero attached hydrogens (tertiary/aromatic N) is 2. The number of carbonyl (C=O) groups is 1. The van der Waals surface area contributed by atoms with Gasteiger partial charge < -0.3 is 15.7 Å². The topological polar surface area (TPSA) is 338 Å². The number of anilines is 2. The molecule has 2 amide bonds. The molecule has 5 aromatic carbocycles. The van der Waals surface area contributed by atoms with Crippen LogP contribution in [0.2, 0.25) is 0 Å². The lowest BCUT2D eigenvalue weighted by Crippen LogP contribution is -2.20. The van der Waals surface area contributed by atoms with Crippen molar-refractivity contribution in [3.63, 3.8) is 0 Å². The quantitative estimate of drug-likeness (QED) is 0.0534. The lowest BCUT2D eigenvalue weighted by atomic mass is 10.1. The van der Waals surface area contributed by atoms with Gasteiger partial charge >= 0.3 is 6.03 Å². The summed E-state index contributed by atoms with van der Waals surface area (Å²) in [6.07, 6.45) is 0. The Morgan fingerprint density at radius 2 is 1.31 bits per heavy atom. The van der Waals surface area contributed by atoms with Gasteiger partial charge in [0.15, 0.2) is 15.6 Å². The van der Waals surface area contributed by atoms with Gasteiger partial charge in [-0.3, -0.25) is 18.2 Å². The molecule has 0 fully saturated rings. The maximum atomic E-state index is 13.1. The molecule has 0 heterocycles. The number of urea groups is 1. The number of nitrogens with one attached hydrogen (secondary N) is 2. The summed E-state index contributed by atoms with van der Waals surface area (Å²) >= 11 is 5.56. The number of carbonyl (C=O) groups excluding carboxylic acids is 1. The molecule has 0 aliphatic heterocycles. The maximum absolute atomic E-state index is 13.1. The third kappa shape index (κ3) is 8.85. The zero-order chi connectivity index (χ0) is 40.9. The number of fused-ring (bicyclic) bond motifs is 2. The predicted octanol–water partition coefficient (Wildman–Crippen LogP) is 4.76. The van der Waals surface area contributed by atoms with E-state index in [4.69, 9.17) is 11.6 Å². The van der Waals surface area contributed by atoms with E-state index in [0.29, 0.717) is 18.2 Å². The summed E-state index contributed by atoms with van der Waals surface area (Å²) in [5, 5.41) is 21.0. The molecule has 0 saturated heterocycles. The molecule has 0 aliphatic carbocycles. The van der Waals surface area contributed by atoms with Crippen LogP contribution in [-0.2, 0) is 50.3 Å². The number of sulfone groups is 1. The van der Waals surface area contributed by atoms with Crippen molar-refractivity contribution >= 4 is 112 Å². The van der Waals surface area contributed by atoms with Crippen LogP contribution in [0, 0.1) is 0 Å². The molecule has 5 rings (SSSR count). The van der Waals surface area contributed by atoms with Gasteiger partial charge in [-0.15, -0.1) is 21.8 Å². The Labute approximate surface area is 316 Å². The number of hydrogen-bond donors (Lipinski definition) is 7. The van der Waals surface area contributed by atoms with Crippen molar-refractivity contribution in [2.24, 2.45) is 10.2 Å². The smallest absolute Gasteiger partial charge is 0.323 e. The van der Waals surface area contributed by atoms with Gasteiger partial charge in [-0.05, 0) is 53.9 Å². The van der Waals surface area contributed by atoms with Gasteiger partial charge in [0.25, 0.3) is 40.5 Å². The molecule has 0 bridgehead atoms. The second-order valence-electron chi connectivity index (χ2n) is 11.1. The Bertz CT molecular complexity index is 3050. The first-order chi connectivity index (χ1) is 25.3. The minimum absolute atomic E-state index is 0.107. The van der Waals surface area contributed by atoms with E-state index in [0.717, 1.165) is 36.4 Å². The highest BCUT2D eigenvalue weighted by atomic mass is 35.5. The fraction of sp³-hybridized carbons (Fsp3) is 0.0690. The van der Waals surface area contributed by atoms with Gasteiger partial charge in [0.2, 0.25) is 0 Å². The summed E-state index contributed by atoms with van der Waals surface area (Å²) in [5.74, 6) is -1.91. The summed E-state index contributed by atoms with van der Waals surface area (Å²) in [5.41, 5.74) is -2.71. The van der Waals surface area contributed by atoms with Crippen LogP contribution < -0.4 is 10.6 Å². The number of azo groups is 1. The van der Waals surface area contributed by atoms with Crippen molar-refractivity contribution in [2.45, 2.75) is 24.5 Å². The third-order valence-electron chi connectivity index (χ3n) is 7.49. The van der Waals surface area contributed by atoms with Gasteiger partial charge in [0.1, 0.15) is 26.1 Å². The number of amides is 2. The Kier molecular flexibility index (Phi) is 11.0. The molecule has 0 unspecified atom stereocenters. The van der Waals surface area contributed by atoms with E-state index >= 15 is 0 Å². The average Bonchev–Trinajstić information content (AvgIpc) is 3.05. The first-order valence-electron chi connectivity index (χ1n) is 14.5. The van der Waals surface area contributed by atoms with Crippen LogP contribution in [0.5, 0.6) is 5.75 Å². The Morgan fingerprint density at radius 1 is 0.655 bits per heavy atom. The number of phenolic OH excluding ortho intramolecular Hbond substituents is 1. The van der Waals surface area contributed by atoms with E-state index in [9.17, 15) is 70.2 Å². The number of hydrogen-bond acceptors (Lipinski definition) is 14. The van der Waals surface area contributed by atoms with Crippen molar-refractivity contribution in [1.82, 2.24) is 0 Å². The molecule has 0 saturated carbocycles. The van der Waals surface area contributed by atoms with Gasteiger partial charge in [-0.2, -0.15) is 33.7 Å². The van der Waals surface area contributed by atoms with E-state index in [1.165, 1.54) is 18.2 Å². The highest BCUT2D eigenvalue weighted by Crippen LogP contribution is 2.46. The first kappa shape index (κ1) is 41.3. The van der Waals surface area contributed by atoms with Crippen molar-refractivity contribution in [3.8, 4) is 5.75 Å². The van der Waals surface area contributed by atoms with Gasteiger partial charge in [0, 0.05) is 27.7 Å². The van der Waals surface area contributed by atoms with Crippen molar-refractivity contribution < 1.29 is 70.2 Å². The second kappa shape index (κ2) is 14.7. The molecule has 0 atom stereocenters. The minimum Gasteiger partial charge on any atom is -0.505 e. The van der Waals surface area contributed by atoms with Crippen LogP contribution in [0.1, 0.15) is 0 Å². The number of rotatable bonds is 11. The minimum atomic E-state index is -5.44. The maximum Gasteiger partial charge on any atom is 0.323 e. The zero-order valence-corrected chi connectivity index (χ0v) is 31.7. The summed E-state index contributed by atoms with van der Waals surface area (Å²) in [6.45, 7) is 0. The molecular weight excluding hydrogens is 856 g/mol. The monoisotopic (exact) mass is 878 g/mol. The number of alkyl halides is 1. The normalized spacial score (nSPS) is 13.0. The Morgan fingerprint density at radius 3 is 1.91 bits per heavy atom. The van der Waals surface area contributed by atoms with Crippen LogP contribution in [0.3, 0.4) is 0 Å². The first-order valence-corrected chi connectivity index (χ1v) is 22.5. The van der Waals surface area contributed by atoms with Gasteiger partial charge in [0.05, 0.1) is 21.2 Å². The third-order valence-corrected chi connectivity index (χ3v) is 13.2. The zero-order valence-electron chi connectivity index (χ0n) is 26.9. The number of phenols is 1. The molecule has 0 radical (unpaired) electrons. The molecule has 26 heteroatoms. The predicted molar refractivity (Wildman–Crippen MR) is 195 cm³/mol. The average molecular weight is 879 g/mol. The molecule has 55 heavy (non-hydrogen) atoms. The highest BCUT2D eigenvalue weighted by molar-refractivity contribution is 7.91. The molecule has 7 N–H and O–H groups in total. The van der Waals surface area contributed by atoms with E-state index in [2.05, 4.69) is 20.9 Å². The fourth-order valence-electron chi connectivity index (χ4n) is 5.24. The Hall–Kier alpha value is -4.83. The van der Waals surface area contributed by atoms with Crippen molar-refractivity contribution in [2.75, 3.05) is 22.3 Å². The molecule has 0 aliphatic rings. The molecule has 292 valence electrons. The van der Waals surface area contributed by atoms with E-state index in [-0.39, 0.29) is 16.5 Å². The Balaban J connectivity index is 1.71. The number of benzene rings is 5. The van der Waals surface area contributed by atoms with Crippen LogP contribution in [-0.4, -0.2) is 83.1 Å². The van der Waals surface area contributed by atoms with E-state index in [1.54, 1.807) is 0 Å². The van der Waals surface area contributed by atoms with Gasteiger partial charge in [-0.1, -0.05) is 24.3 Å². The molecule has 20 nitrogen and oxygen atoms in total. The molecule has 0 aromatic heterocycles. The lowest BCUT2D eigenvalue weighted by Gasteiger charge is -2.15. The number of aromatic hydroxyl groups is 1. The van der Waals surface area contributed by atoms with Crippen molar-refractivity contribution in [1.29, 1.82) is 0 Å². The SMILES string of the molecule is O=C(Nc1cccc(S(=O)(=O)CCCl)c1)Nc1cc(S(=O)(=O)O)cc2cc(S(=O)(=O)O)c(/N=N/c3ccc4c(S(=O)(=O)O)cccc4c3S(=O)(=O)O)c(O)c12. The summed E-state index contributed by atoms with van der Waals surface area (Å²) in [4.78, 5) is 8.81. The largest absolute Gasteiger partial charge is 0.505 e. The lowest BCUT2D eigenvalue weighted by molar-refractivity contribution is 0.262. The van der Waals surface area contributed by atoms with Crippen LogP contribution in [0.25, 0.3) is 21.5 Å². The summed E-state index contributed by atoms with van der Waals surface area (Å²) in [6, 6.07) is 10.1. The van der Waals surface area contributed by atoms with Crippen molar-refractivity contribution in [3.05, 3.63) is 72.8 Å². The van der Waals surface area contributed by atoms with Crippen LogP contribution in [0.15, 0.2) is 108 Å². The van der Waals surface area contributed by atoms with Gasteiger partial charge in [-0.25, -0.2) is 13.2 Å². The van der Waals surface area contributed by atoms with E-state index in [1.807, 2.05) is 0 Å². The molecule has 0 spiro atoms. The standard InChI is InChI=1S/C29H23ClN4O16S5/c30-9-10-51(37,38)17-4-1-3-16(13-17)31-29(36)32-22-14-18(52(39,40)41)11-15-12-24(54(45,46)47)26(27(35)25(15)22)34-33-21-8-7-19-20(28(21)55(48,49)50)5-2-6-23(19)53(42,43)44/h1-8,11-14,35H,9-10H2,(H2,31,32,36)(H,39,40,41)(H,42,43,44)(H,45,46,47)(H,48,49,50)/b34-33+. The van der Waals surface area contributed by atoms with Crippen LogP contribution in [0.4, 0.5) is 27.5 Å². The molecular formula is C29H23ClN4O16S5. The summed E-state index contributed by atoms with van der Waals surface area (Å²) in [7, 11) is -24.7. The number of halogens is 1. The van der Waals surface area contributed by atoms with Crippen LogP contribution >= 0.6 is 11.6 Å². The molecule has 5 aromatic rings. The second-order valence-corrected chi connectivity index (χ2v) is 19.2. The summed E-state index contributed by atoms with van der Waals surface area (Å²) < 4.78 is 163.